The molecule has 0 heterocycles. The molecule has 0 fully saturated rings. The van der Waals surface area contributed by atoms with Crippen LogP contribution in [-0.4, -0.2) is 28.6 Å². The van der Waals surface area contributed by atoms with Crippen molar-refractivity contribution in [2.75, 3.05) is 16.4 Å². The van der Waals surface area contributed by atoms with E-state index in [1.165, 1.54) is 23.9 Å². The van der Waals surface area contributed by atoms with Crippen molar-refractivity contribution in [2.45, 2.75) is 11.3 Å². The molecule has 3 N–H and O–H groups in total. The summed E-state index contributed by atoms with van der Waals surface area (Å²) >= 11 is 1.35. The number of rotatable bonds is 8. The normalized spacial score (nSPS) is 10.3. The Morgan fingerprint density at radius 3 is 2.17 bits per heavy atom. The quantitative estimate of drug-likeness (QED) is 0.472. The van der Waals surface area contributed by atoms with Crippen LogP contribution in [0.1, 0.15) is 15.9 Å². The van der Waals surface area contributed by atoms with Gasteiger partial charge in [-0.1, -0.05) is 36.4 Å². The standard InChI is InChI=1S/C23H20N2O4S/c26-21(13-16-5-2-1-3-6-16)24-18-9-11-20(12-10-18)30-15-22(27)25-19-8-4-7-17(14-19)23(28)29/h1-12,14H,13,15H2,(H,24,26)(H,25,27)(H,28,29). The number of amides is 2. The summed E-state index contributed by atoms with van der Waals surface area (Å²) in [5.41, 5.74) is 2.19. The minimum atomic E-state index is -1.04. The van der Waals surface area contributed by atoms with Gasteiger partial charge in [-0.25, -0.2) is 4.79 Å². The first kappa shape index (κ1) is 21.1. The highest BCUT2D eigenvalue weighted by Gasteiger charge is 2.08. The van der Waals surface area contributed by atoms with E-state index in [0.29, 0.717) is 17.8 Å². The van der Waals surface area contributed by atoms with E-state index in [-0.39, 0.29) is 23.1 Å². The number of thioether (sulfide) groups is 1. The molecule has 0 unspecified atom stereocenters. The number of benzene rings is 3. The highest BCUT2D eigenvalue weighted by Crippen LogP contribution is 2.21. The number of hydrogen-bond acceptors (Lipinski definition) is 4. The second-order valence-electron chi connectivity index (χ2n) is 6.46. The van der Waals surface area contributed by atoms with Crippen molar-refractivity contribution in [3.8, 4) is 0 Å². The Hall–Kier alpha value is -3.58. The molecular formula is C23H20N2O4S. The largest absolute Gasteiger partial charge is 0.478 e. The van der Waals surface area contributed by atoms with E-state index in [2.05, 4.69) is 10.6 Å². The lowest BCUT2D eigenvalue weighted by atomic mass is 10.1. The lowest BCUT2D eigenvalue weighted by Gasteiger charge is -2.08. The minimum absolute atomic E-state index is 0.0930. The maximum atomic E-state index is 12.1. The molecule has 0 spiro atoms. The van der Waals surface area contributed by atoms with Crippen LogP contribution in [0.2, 0.25) is 0 Å². The van der Waals surface area contributed by atoms with Crippen molar-refractivity contribution in [3.05, 3.63) is 90.0 Å². The zero-order valence-corrected chi connectivity index (χ0v) is 16.8. The van der Waals surface area contributed by atoms with Gasteiger partial charge in [-0.3, -0.25) is 9.59 Å². The number of nitrogens with one attached hydrogen (secondary N) is 2. The van der Waals surface area contributed by atoms with Crippen LogP contribution in [0.5, 0.6) is 0 Å². The predicted molar refractivity (Wildman–Crippen MR) is 118 cm³/mol. The van der Waals surface area contributed by atoms with Gasteiger partial charge >= 0.3 is 5.97 Å². The fourth-order valence-corrected chi connectivity index (χ4v) is 3.40. The van der Waals surface area contributed by atoms with Gasteiger partial charge in [0.05, 0.1) is 17.7 Å². The summed E-state index contributed by atoms with van der Waals surface area (Å²) in [6.45, 7) is 0. The number of hydrogen-bond donors (Lipinski definition) is 3. The zero-order chi connectivity index (χ0) is 21.3. The summed E-state index contributed by atoms with van der Waals surface area (Å²) in [6, 6.07) is 22.9. The van der Waals surface area contributed by atoms with Gasteiger partial charge in [0.2, 0.25) is 11.8 Å². The van der Waals surface area contributed by atoms with Gasteiger partial charge < -0.3 is 15.7 Å². The van der Waals surface area contributed by atoms with Gasteiger partial charge in [0.1, 0.15) is 0 Å². The molecule has 7 heteroatoms. The molecule has 0 radical (unpaired) electrons. The van der Waals surface area contributed by atoms with Crippen molar-refractivity contribution in [1.29, 1.82) is 0 Å². The molecular weight excluding hydrogens is 400 g/mol. The summed E-state index contributed by atoms with van der Waals surface area (Å²) in [5, 5.41) is 14.5. The maximum Gasteiger partial charge on any atom is 0.335 e. The number of carboxylic acid groups (broad SMARTS) is 1. The summed E-state index contributed by atoms with van der Waals surface area (Å²) < 4.78 is 0. The molecule has 0 saturated carbocycles. The molecule has 3 aromatic rings. The van der Waals surface area contributed by atoms with Crippen LogP contribution in [0.25, 0.3) is 0 Å². The molecule has 0 aliphatic heterocycles. The van der Waals surface area contributed by atoms with Crippen LogP contribution in [-0.2, 0) is 16.0 Å². The average molecular weight is 420 g/mol. The molecule has 3 aromatic carbocycles. The van der Waals surface area contributed by atoms with Crippen LogP contribution in [0.4, 0.5) is 11.4 Å². The molecule has 152 valence electrons. The molecule has 0 bridgehead atoms. The SMILES string of the molecule is O=C(CSc1ccc(NC(=O)Cc2ccccc2)cc1)Nc1cccc(C(=O)O)c1. The Kier molecular flexibility index (Phi) is 7.24. The molecule has 0 aliphatic rings. The number of carboxylic acids is 1. The Labute approximate surface area is 178 Å². The first-order chi connectivity index (χ1) is 14.5. The van der Waals surface area contributed by atoms with E-state index in [1.807, 2.05) is 42.5 Å². The van der Waals surface area contributed by atoms with Crippen molar-refractivity contribution >= 4 is 40.9 Å². The molecule has 0 atom stereocenters. The Morgan fingerprint density at radius 1 is 0.767 bits per heavy atom. The molecule has 3 rings (SSSR count). The van der Waals surface area contributed by atoms with Crippen LogP contribution in [0.15, 0.2) is 83.8 Å². The van der Waals surface area contributed by atoms with Crippen LogP contribution in [0, 0.1) is 0 Å². The molecule has 0 saturated heterocycles. The van der Waals surface area contributed by atoms with Gasteiger partial charge in [0, 0.05) is 16.3 Å². The van der Waals surface area contributed by atoms with E-state index in [4.69, 9.17) is 5.11 Å². The third-order valence-corrected chi connectivity index (χ3v) is 5.12. The summed E-state index contributed by atoms with van der Waals surface area (Å²) in [5.74, 6) is -1.19. The second-order valence-corrected chi connectivity index (χ2v) is 7.51. The lowest BCUT2D eigenvalue weighted by molar-refractivity contribution is -0.115. The highest BCUT2D eigenvalue weighted by molar-refractivity contribution is 8.00. The lowest BCUT2D eigenvalue weighted by Crippen LogP contribution is -2.14. The van der Waals surface area contributed by atoms with E-state index in [0.717, 1.165) is 10.5 Å². The monoisotopic (exact) mass is 420 g/mol. The molecule has 30 heavy (non-hydrogen) atoms. The summed E-state index contributed by atoms with van der Waals surface area (Å²) in [6.07, 6.45) is 0.306. The Morgan fingerprint density at radius 2 is 1.47 bits per heavy atom. The Balaban J connectivity index is 1.47. The molecule has 0 aliphatic carbocycles. The third-order valence-electron chi connectivity index (χ3n) is 4.11. The molecule has 2 amide bonds. The average Bonchev–Trinajstić information content (AvgIpc) is 2.74. The minimum Gasteiger partial charge on any atom is -0.478 e. The first-order valence-electron chi connectivity index (χ1n) is 9.19. The number of anilines is 2. The predicted octanol–water partition coefficient (Wildman–Crippen LogP) is 4.30. The van der Waals surface area contributed by atoms with Crippen LogP contribution < -0.4 is 10.6 Å². The van der Waals surface area contributed by atoms with Crippen LogP contribution in [0.3, 0.4) is 0 Å². The maximum absolute atomic E-state index is 12.1. The van der Waals surface area contributed by atoms with Gasteiger partial charge in [0.15, 0.2) is 0 Å². The number of carbonyl (C=O) groups excluding carboxylic acids is 2. The summed E-state index contributed by atoms with van der Waals surface area (Å²) in [7, 11) is 0. The van der Waals surface area contributed by atoms with E-state index in [1.54, 1.807) is 24.3 Å². The Bertz CT molecular complexity index is 1040. The highest BCUT2D eigenvalue weighted by atomic mass is 32.2. The third kappa shape index (κ3) is 6.49. The molecule has 0 aromatic heterocycles. The van der Waals surface area contributed by atoms with Crippen molar-refractivity contribution in [2.24, 2.45) is 0 Å². The van der Waals surface area contributed by atoms with E-state index >= 15 is 0 Å². The van der Waals surface area contributed by atoms with Gasteiger partial charge in [-0.2, -0.15) is 0 Å². The van der Waals surface area contributed by atoms with E-state index < -0.39 is 5.97 Å². The number of aromatic carboxylic acids is 1. The van der Waals surface area contributed by atoms with Crippen molar-refractivity contribution in [3.63, 3.8) is 0 Å². The smallest absolute Gasteiger partial charge is 0.335 e. The van der Waals surface area contributed by atoms with Gasteiger partial charge in [0.25, 0.3) is 0 Å². The fourth-order valence-electron chi connectivity index (χ4n) is 2.70. The van der Waals surface area contributed by atoms with Crippen molar-refractivity contribution in [1.82, 2.24) is 0 Å². The van der Waals surface area contributed by atoms with Gasteiger partial charge in [-0.05, 0) is 48.0 Å². The number of carbonyl (C=O) groups is 3. The van der Waals surface area contributed by atoms with Crippen LogP contribution >= 0.6 is 11.8 Å². The summed E-state index contributed by atoms with van der Waals surface area (Å²) in [4.78, 5) is 36.1. The van der Waals surface area contributed by atoms with Gasteiger partial charge in [-0.15, -0.1) is 11.8 Å². The molecule has 6 nitrogen and oxygen atoms in total. The second kappa shape index (κ2) is 10.3. The topological polar surface area (TPSA) is 95.5 Å². The van der Waals surface area contributed by atoms with Crippen molar-refractivity contribution < 1.29 is 19.5 Å². The van der Waals surface area contributed by atoms with E-state index in [9.17, 15) is 14.4 Å². The first-order valence-corrected chi connectivity index (χ1v) is 10.2. The fraction of sp³-hybridized carbons (Fsp3) is 0.0870. The zero-order valence-electron chi connectivity index (χ0n) is 16.0.